The van der Waals surface area contributed by atoms with Crippen LogP contribution in [0.25, 0.3) is 0 Å². The zero-order chi connectivity index (χ0) is 23.7. The van der Waals surface area contributed by atoms with Crippen LogP contribution in [0.4, 0.5) is 0 Å². The van der Waals surface area contributed by atoms with E-state index in [2.05, 4.69) is 0 Å². The van der Waals surface area contributed by atoms with Crippen LogP contribution in [-0.4, -0.2) is 83.8 Å². The fourth-order valence-electron chi connectivity index (χ4n) is 3.94. The number of unbranched alkanes of at least 4 members (excludes halogenated alkanes) is 1. The smallest absolute Gasteiger partial charge is 0.329 e. The molecule has 12 heteroatoms. The van der Waals surface area contributed by atoms with Crippen molar-refractivity contribution < 1.29 is 38.2 Å². The van der Waals surface area contributed by atoms with Crippen molar-refractivity contribution in [2.75, 3.05) is 26.3 Å². The number of carbonyl (C=O) groups is 6. The molecule has 0 radical (unpaired) electrons. The Bertz CT molecular complexity index is 694. The third kappa shape index (κ3) is 7.20. The Labute approximate surface area is 185 Å². The number of rotatable bonds is 11. The Hall–Kier alpha value is -3.18. The van der Waals surface area contributed by atoms with Crippen LogP contribution in [0.15, 0.2) is 0 Å². The SMILES string of the molecule is NC(=O)COC(=O)[C@H]1CCCN1C(=O)CCCCC(=O)N1CCC[C@@H]1C(=O)OCC(N)=O. The molecule has 0 aromatic heterocycles. The van der Waals surface area contributed by atoms with E-state index >= 15 is 0 Å². The van der Waals surface area contributed by atoms with E-state index in [-0.39, 0.29) is 24.7 Å². The summed E-state index contributed by atoms with van der Waals surface area (Å²) in [6.07, 6.45) is 3.44. The average Bonchev–Trinajstić information content (AvgIpc) is 3.42. The van der Waals surface area contributed by atoms with E-state index in [0.29, 0.717) is 51.6 Å². The molecule has 178 valence electrons. The topological polar surface area (TPSA) is 179 Å². The lowest BCUT2D eigenvalue weighted by Gasteiger charge is -2.24. The Kier molecular flexibility index (Phi) is 9.41. The monoisotopic (exact) mass is 454 g/mol. The number of primary amides is 2. The highest BCUT2D eigenvalue weighted by atomic mass is 16.5. The summed E-state index contributed by atoms with van der Waals surface area (Å²) in [7, 11) is 0. The van der Waals surface area contributed by atoms with Gasteiger partial charge in [0.15, 0.2) is 13.2 Å². The number of ether oxygens (including phenoxy) is 2. The first kappa shape index (κ1) is 25.1. The summed E-state index contributed by atoms with van der Waals surface area (Å²) in [5.41, 5.74) is 9.93. The van der Waals surface area contributed by atoms with E-state index in [4.69, 9.17) is 20.9 Å². The number of hydrogen-bond donors (Lipinski definition) is 2. The normalized spacial score (nSPS) is 20.1. The highest BCUT2D eigenvalue weighted by Gasteiger charge is 2.36. The molecule has 0 bridgehead atoms. The van der Waals surface area contributed by atoms with Gasteiger partial charge in [-0.3, -0.25) is 19.2 Å². The lowest BCUT2D eigenvalue weighted by molar-refractivity contribution is -0.155. The maximum absolute atomic E-state index is 12.5. The fourth-order valence-corrected chi connectivity index (χ4v) is 3.94. The van der Waals surface area contributed by atoms with Crippen LogP contribution in [0.2, 0.25) is 0 Å². The minimum Gasteiger partial charge on any atom is -0.454 e. The molecule has 0 spiro atoms. The van der Waals surface area contributed by atoms with Gasteiger partial charge in [-0.25, -0.2) is 9.59 Å². The minimum atomic E-state index is -0.764. The van der Waals surface area contributed by atoms with Crippen molar-refractivity contribution in [3.63, 3.8) is 0 Å². The van der Waals surface area contributed by atoms with Crippen molar-refractivity contribution in [1.82, 2.24) is 9.80 Å². The van der Waals surface area contributed by atoms with Crippen molar-refractivity contribution in [1.29, 1.82) is 0 Å². The summed E-state index contributed by atoms with van der Waals surface area (Å²) in [6.45, 7) is -0.186. The second kappa shape index (κ2) is 12.0. The summed E-state index contributed by atoms with van der Waals surface area (Å²) in [5.74, 6) is -3.25. The molecule has 4 amide bonds. The predicted octanol–water partition coefficient (Wildman–Crippen LogP) is -1.41. The molecule has 0 unspecified atom stereocenters. The lowest BCUT2D eigenvalue weighted by atomic mass is 10.1. The molecule has 0 aromatic rings. The first-order valence-electron chi connectivity index (χ1n) is 10.7. The van der Waals surface area contributed by atoms with Gasteiger partial charge in [-0.2, -0.15) is 0 Å². The standard InChI is InChI=1S/C20H30N4O8/c21-15(25)11-31-19(29)13-5-3-9-23(13)17(27)7-1-2-8-18(28)24-10-4-6-14(24)20(30)32-12-16(22)26/h13-14H,1-12H2,(H2,21,25)(H2,22,26)/t13-,14-/m1/s1. The molecule has 0 aliphatic carbocycles. The molecule has 2 fully saturated rings. The van der Waals surface area contributed by atoms with Crippen molar-refractivity contribution in [2.45, 2.75) is 63.5 Å². The zero-order valence-electron chi connectivity index (χ0n) is 18.0. The number of nitrogens with zero attached hydrogens (tertiary/aromatic N) is 2. The number of hydrogen-bond acceptors (Lipinski definition) is 8. The summed E-state index contributed by atoms with van der Waals surface area (Å²) >= 11 is 0. The first-order valence-corrected chi connectivity index (χ1v) is 10.7. The summed E-state index contributed by atoms with van der Waals surface area (Å²) in [5, 5.41) is 0. The van der Waals surface area contributed by atoms with Crippen LogP contribution in [0.1, 0.15) is 51.4 Å². The third-order valence-electron chi connectivity index (χ3n) is 5.44. The lowest BCUT2D eigenvalue weighted by Crippen LogP contribution is -2.42. The molecule has 4 N–H and O–H groups in total. The molecular weight excluding hydrogens is 424 g/mol. The summed E-state index contributed by atoms with van der Waals surface area (Å²) in [4.78, 5) is 73.5. The average molecular weight is 454 g/mol. The van der Waals surface area contributed by atoms with Crippen LogP contribution >= 0.6 is 0 Å². The van der Waals surface area contributed by atoms with Crippen LogP contribution in [0.3, 0.4) is 0 Å². The molecule has 2 atom stereocenters. The number of nitrogens with two attached hydrogens (primary N) is 2. The van der Waals surface area contributed by atoms with Gasteiger partial charge >= 0.3 is 11.9 Å². The van der Waals surface area contributed by atoms with Crippen LogP contribution < -0.4 is 11.5 Å². The third-order valence-corrected chi connectivity index (χ3v) is 5.44. The molecule has 32 heavy (non-hydrogen) atoms. The zero-order valence-corrected chi connectivity index (χ0v) is 18.0. The molecule has 2 aliphatic heterocycles. The van der Waals surface area contributed by atoms with Gasteiger partial charge in [0.25, 0.3) is 11.8 Å². The largest absolute Gasteiger partial charge is 0.454 e. The molecule has 12 nitrogen and oxygen atoms in total. The number of carbonyl (C=O) groups excluding carboxylic acids is 6. The summed E-state index contributed by atoms with van der Waals surface area (Å²) < 4.78 is 9.64. The first-order chi connectivity index (χ1) is 15.2. The predicted molar refractivity (Wildman–Crippen MR) is 108 cm³/mol. The van der Waals surface area contributed by atoms with Gasteiger partial charge in [0.2, 0.25) is 11.8 Å². The van der Waals surface area contributed by atoms with Crippen LogP contribution in [-0.2, 0) is 38.2 Å². The fraction of sp³-hybridized carbons (Fsp3) is 0.700. The van der Waals surface area contributed by atoms with Gasteiger partial charge in [0.1, 0.15) is 12.1 Å². The van der Waals surface area contributed by atoms with Crippen molar-refractivity contribution in [3.8, 4) is 0 Å². The van der Waals surface area contributed by atoms with E-state index in [1.54, 1.807) is 0 Å². The van der Waals surface area contributed by atoms with E-state index < -0.39 is 49.1 Å². The van der Waals surface area contributed by atoms with Gasteiger partial charge in [-0.15, -0.1) is 0 Å². The van der Waals surface area contributed by atoms with Crippen LogP contribution in [0.5, 0.6) is 0 Å². The van der Waals surface area contributed by atoms with Gasteiger partial charge in [-0.1, -0.05) is 0 Å². The second-order valence-electron chi connectivity index (χ2n) is 7.85. The van der Waals surface area contributed by atoms with Gasteiger partial charge in [0, 0.05) is 25.9 Å². The Morgan fingerprint density at radius 2 is 1.06 bits per heavy atom. The van der Waals surface area contributed by atoms with E-state index in [1.165, 1.54) is 9.80 Å². The van der Waals surface area contributed by atoms with Crippen LogP contribution in [0, 0.1) is 0 Å². The minimum absolute atomic E-state index is 0.164. The Morgan fingerprint density at radius 1 is 0.688 bits per heavy atom. The number of esters is 2. The molecule has 2 rings (SSSR count). The Morgan fingerprint density at radius 3 is 1.41 bits per heavy atom. The van der Waals surface area contributed by atoms with Gasteiger partial charge in [-0.05, 0) is 38.5 Å². The van der Waals surface area contributed by atoms with E-state index in [0.717, 1.165) is 0 Å². The van der Waals surface area contributed by atoms with E-state index in [9.17, 15) is 28.8 Å². The van der Waals surface area contributed by atoms with Gasteiger partial charge < -0.3 is 30.7 Å². The molecule has 2 saturated heterocycles. The second-order valence-corrected chi connectivity index (χ2v) is 7.85. The van der Waals surface area contributed by atoms with Crippen molar-refractivity contribution >= 4 is 35.6 Å². The molecule has 2 aliphatic rings. The maximum Gasteiger partial charge on any atom is 0.329 e. The number of amides is 4. The number of likely N-dealkylation sites (tertiary alicyclic amines) is 2. The van der Waals surface area contributed by atoms with Crippen molar-refractivity contribution in [2.24, 2.45) is 11.5 Å². The molecule has 0 aromatic carbocycles. The highest BCUT2D eigenvalue weighted by Crippen LogP contribution is 2.22. The Balaban J connectivity index is 1.74. The highest BCUT2D eigenvalue weighted by molar-refractivity contribution is 5.87. The maximum atomic E-state index is 12.5. The molecular formula is C20H30N4O8. The summed E-state index contributed by atoms with van der Waals surface area (Å²) in [6, 6.07) is -1.44. The van der Waals surface area contributed by atoms with Gasteiger partial charge in [0.05, 0.1) is 0 Å². The quantitative estimate of drug-likeness (QED) is 0.282. The van der Waals surface area contributed by atoms with E-state index in [1.807, 2.05) is 0 Å². The molecule has 0 saturated carbocycles. The van der Waals surface area contributed by atoms with Crippen molar-refractivity contribution in [3.05, 3.63) is 0 Å². The molecule has 2 heterocycles.